The van der Waals surface area contributed by atoms with Crippen LogP contribution in [0.15, 0.2) is 42.5 Å². The average Bonchev–Trinajstić information content (AvgIpc) is 2.45. The van der Waals surface area contributed by atoms with E-state index in [0.29, 0.717) is 17.7 Å². The number of benzene rings is 2. The van der Waals surface area contributed by atoms with Gasteiger partial charge in [0.1, 0.15) is 5.75 Å². The standard InChI is InChI=1S/C17H20N2O2/c1-11-9-16(20)12(2)8-15(11)19-17(21)14(18)10-13-6-4-3-5-7-13/h3-9,14,20H,10,18H2,1-2H3,(H,19,21)/t14-/m1/s1. The van der Waals surface area contributed by atoms with Crippen LogP contribution in [0.5, 0.6) is 5.75 Å². The monoisotopic (exact) mass is 284 g/mol. The first kappa shape index (κ1) is 15.1. The number of aryl methyl sites for hydroxylation is 2. The van der Waals surface area contributed by atoms with Gasteiger partial charge < -0.3 is 16.2 Å². The van der Waals surface area contributed by atoms with E-state index in [0.717, 1.165) is 11.1 Å². The van der Waals surface area contributed by atoms with E-state index in [-0.39, 0.29) is 11.7 Å². The quantitative estimate of drug-likeness (QED) is 0.755. The fraction of sp³-hybridized carbons (Fsp3) is 0.235. The second-order valence-electron chi connectivity index (χ2n) is 5.24. The zero-order valence-corrected chi connectivity index (χ0v) is 12.3. The maximum atomic E-state index is 12.2. The number of nitrogens with two attached hydrogens (primary N) is 1. The molecule has 4 heteroatoms. The third-order valence-electron chi connectivity index (χ3n) is 3.44. The van der Waals surface area contributed by atoms with Gasteiger partial charge in [0.05, 0.1) is 6.04 Å². The second-order valence-corrected chi connectivity index (χ2v) is 5.24. The lowest BCUT2D eigenvalue weighted by Crippen LogP contribution is -2.37. The SMILES string of the molecule is Cc1cc(NC(=O)[C@H](N)Cc2ccccc2)c(C)cc1O. The van der Waals surface area contributed by atoms with Gasteiger partial charge in [-0.05, 0) is 49.1 Å². The van der Waals surface area contributed by atoms with E-state index >= 15 is 0 Å². The fourth-order valence-electron chi connectivity index (χ4n) is 2.12. The fourth-order valence-corrected chi connectivity index (χ4v) is 2.12. The Hall–Kier alpha value is -2.33. The molecule has 4 N–H and O–H groups in total. The predicted octanol–water partition coefficient (Wildman–Crippen LogP) is 2.52. The molecule has 0 spiro atoms. The van der Waals surface area contributed by atoms with Crippen LogP contribution < -0.4 is 11.1 Å². The number of rotatable bonds is 4. The number of anilines is 1. The molecule has 21 heavy (non-hydrogen) atoms. The lowest BCUT2D eigenvalue weighted by atomic mass is 10.1. The lowest BCUT2D eigenvalue weighted by Gasteiger charge is -2.15. The predicted molar refractivity (Wildman–Crippen MR) is 84.3 cm³/mol. The maximum absolute atomic E-state index is 12.2. The molecule has 0 aliphatic heterocycles. The van der Waals surface area contributed by atoms with E-state index in [1.165, 1.54) is 0 Å². The van der Waals surface area contributed by atoms with Crippen molar-refractivity contribution in [1.29, 1.82) is 0 Å². The van der Waals surface area contributed by atoms with Crippen LogP contribution in [0.25, 0.3) is 0 Å². The van der Waals surface area contributed by atoms with Crippen molar-refractivity contribution in [2.24, 2.45) is 5.73 Å². The van der Waals surface area contributed by atoms with Crippen LogP contribution in [-0.2, 0) is 11.2 Å². The molecule has 2 aromatic rings. The molecule has 2 aromatic carbocycles. The number of phenols is 1. The van der Waals surface area contributed by atoms with Crippen LogP contribution in [0.1, 0.15) is 16.7 Å². The first-order valence-corrected chi connectivity index (χ1v) is 6.88. The number of aromatic hydroxyl groups is 1. The van der Waals surface area contributed by atoms with Crippen LogP contribution in [0.2, 0.25) is 0 Å². The summed E-state index contributed by atoms with van der Waals surface area (Å²) < 4.78 is 0. The summed E-state index contributed by atoms with van der Waals surface area (Å²) in [6, 6.07) is 12.4. The molecule has 0 aliphatic rings. The van der Waals surface area contributed by atoms with Gasteiger partial charge in [0, 0.05) is 5.69 Å². The molecule has 0 fully saturated rings. The molecule has 0 heterocycles. The smallest absolute Gasteiger partial charge is 0.241 e. The van der Waals surface area contributed by atoms with E-state index in [1.54, 1.807) is 19.1 Å². The number of phenolic OH excluding ortho intramolecular Hbond substituents is 1. The molecule has 0 aliphatic carbocycles. The highest BCUT2D eigenvalue weighted by molar-refractivity contribution is 5.95. The zero-order chi connectivity index (χ0) is 15.4. The first-order valence-electron chi connectivity index (χ1n) is 6.88. The van der Waals surface area contributed by atoms with Crippen molar-refractivity contribution >= 4 is 11.6 Å². The van der Waals surface area contributed by atoms with Gasteiger partial charge in [0.15, 0.2) is 0 Å². The van der Waals surface area contributed by atoms with Crippen LogP contribution in [-0.4, -0.2) is 17.1 Å². The Balaban J connectivity index is 2.06. The Labute approximate surface area is 124 Å². The Morgan fingerprint density at radius 2 is 1.86 bits per heavy atom. The summed E-state index contributed by atoms with van der Waals surface area (Å²) in [5.41, 5.74) is 9.18. The largest absolute Gasteiger partial charge is 0.508 e. The molecule has 0 bridgehead atoms. The topological polar surface area (TPSA) is 75.4 Å². The normalized spacial score (nSPS) is 12.0. The lowest BCUT2D eigenvalue weighted by molar-refractivity contribution is -0.117. The van der Waals surface area contributed by atoms with Crippen molar-refractivity contribution < 1.29 is 9.90 Å². The van der Waals surface area contributed by atoms with Crippen molar-refractivity contribution in [3.05, 3.63) is 59.2 Å². The van der Waals surface area contributed by atoms with E-state index in [1.807, 2.05) is 37.3 Å². The third kappa shape index (κ3) is 3.83. The minimum absolute atomic E-state index is 0.221. The van der Waals surface area contributed by atoms with Crippen LogP contribution in [0.3, 0.4) is 0 Å². The summed E-state index contributed by atoms with van der Waals surface area (Å²) in [5.74, 6) is -0.00822. The van der Waals surface area contributed by atoms with E-state index in [2.05, 4.69) is 5.32 Å². The molecule has 1 atom stereocenters. The van der Waals surface area contributed by atoms with Crippen molar-refractivity contribution in [3.8, 4) is 5.75 Å². The summed E-state index contributed by atoms with van der Waals surface area (Å²) >= 11 is 0. The van der Waals surface area contributed by atoms with E-state index in [9.17, 15) is 9.90 Å². The molecule has 2 rings (SSSR count). The Kier molecular flexibility index (Phi) is 4.60. The summed E-state index contributed by atoms with van der Waals surface area (Å²) in [6.45, 7) is 3.62. The van der Waals surface area contributed by atoms with Crippen molar-refractivity contribution in [2.45, 2.75) is 26.3 Å². The molecule has 0 radical (unpaired) electrons. The number of amides is 1. The van der Waals surface area contributed by atoms with Gasteiger partial charge in [-0.2, -0.15) is 0 Å². The van der Waals surface area contributed by atoms with Gasteiger partial charge in [-0.3, -0.25) is 4.79 Å². The van der Waals surface area contributed by atoms with Gasteiger partial charge in [-0.15, -0.1) is 0 Å². The molecule has 0 saturated heterocycles. The van der Waals surface area contributed by atoms with E-state index in [4.69, 9.17) is 5.73 Å². The summed E-state index contributed by atoms with van der Waals surface area (Å²) in [4.78, 5) is 12.2. The molecule has 4 nitrogen and oxygen atoms in total. The molecular weight excluding hydrogens is 264 g/mol. The summed E-state index contributed by atoms with van der Waals surface area (Å²) in [7, 11) is 0. The number of nitrogens with one attached hydrogen (secondary N) is 1. The average molecular weight is 284 g/mol. The van der Waals surface area contributed by atoms with Crippen molar-refractivity contribution in [3.63, 3.8) is 0 Å². The third-order valence-corrected chi connectivity index (χ3v) is 3.44. The highest BCUT2D eigenvalue weighted by Gasteiger charge is 2.15. The summed E-state index contributed by atoms with van der Waals surface area (Å²) in [5, 5.41) is 12.4. The Morgan fingerprint density at radius 1 is 1.19 bits per heavy atom. The zero-order valence-electron chi connectivity index (χ0n) is 12.3. The van der Waals surface area contributed by atoms with Crippen LogP contribution >= 0.6 is 0 Å². The highest BCUT2D eigenvalue weighted by atomic mass is 16.3. The number of carbonyl (C=O) groups is 1. The number of carbonyl (C=O) groups excluding carboxylic acids is 1. The molecule has 0 unspecified atom stereocenters. The second kappa shape index (κ2) is 6.41. The van der Waals surface area contributed by atoms with Crippen molar-refractivity contribution in [2.75, 3.05) is 5.32 Å². The molecule has 0 aromatic heterocycles. The van der Waals surface area contributed by atoms with Gasteiger partial charge in [0.25, 0.3) is 0 Å². The van der Waals surface area contributed by atoms with Gasteiger partial charge >= 0.3 is 0 Å². The van der Waals surface area contributed by atoms with Gasteiger partial charge in [0.2, 0.25) is 5.91 Å². The minimum atomic E-state index is -0.610. The highest BCUT2D eigenvalue weighted by Crippen LogP contribution is 2.25. The minimum Gasteiger partial charge on any atom is -0.508 e. The van der Waals surface area contributed by atoms with Crippen molar-refractivity contribution in [1.82, 2.24) is 0 Å². The maximum Gasteiger partial charge on any atom is 0.241 e. The number of hydrogen-bond donors (Lipinski definition) is 3. The first-order chi connectivity index (χ1) is 9.97. The molecular formula is C17H20N2O2. The van der Waals surface area contributed by atoms with Crippen LogP contribution in [0, 0.1) is 13.8 Å². The Morgan fingerprint density at radius 3 is 2.52 bits per heavy atom. The van der Waals surface area contributed by atoms with E-state index < -0.39 is 6.04 Å². The molecule has 0 saturated carbocycles. The summed E-state index contributed by atoms with van der Waals surface area (Å²) in [6.07, 6.45) is 0.489. The molecule has 110 valence electrons. The van der Waals surface area contributed by atoms with Crippen LogP contribution in [0.4, 0.5) is 5.69 Å². The Bertz CT molecular complexity index is 639. The molecule has 1 amide bonds. The number of hydrogen-bond acceptors (Lipinski definition) is 3. The van der Waals surface area contributed by atoms with Gasteiger partial charge in [-0.25, -0.2) is 0 Å². The van der Waals surface area contributed by atoms with Gasteiger partial charge in [-0.1, -0.05) is 30.3 Å².